The van der Waals surface area contributed by atoms with Crippen LogP contribution < -0.4 is 0 Å². The smallest absolute Gasteiger partial charge is 0.109 e. The van der Waals surface area contributed by atoms with Crippen molar-refractivity contribution in [2.45, 2.75) is 53.0 Å². The van der Waals surface area contributed by atoms with Crippen LogP contribution in [0.5, 0.6) is 0 Å². The number of hydrogen-bond donors (Lipinski definition) is 0. The zero-order valence-corrected chi connectivity index (χ0v) is 13.9. The number of nitrogens with zero attached hydrogens (tertiary/aromatic N) is 3. The zero-order chi connectivity index (χ0) is 14.5. The Morgan fingerprint density at radius 2 is 2.05 bits per heavy atom. The van der Waals surface area contributed by atoms with Gasteiger partial charge < -0.3 is 4.57 Å². The van der Waals surface area contributed by atoms with Crippen molar-refractivity contribution in [1.82, 2.24) is 14.5 Å². The van der Waals surface area contributed by atoms with Crippen LogP contribution in [0.2, 0.25) is 0 Å². The van der Waals surface area contributed by atoms with E-state index in [9.17, 15) is 0 Å². The molecule has 0 radical (unpaired) electrons. The van der Waals surface area contributed by atoms with E-state index in [2.05, 4.69) is 36.6 Å². The van der Waals surface area contributed by atoms with Crippen molar-refractivity contribution in [2.24, 2.45) is 0 Å². The lowest BCUT2D eigenvalue weighted by Gasteiger charge is -2.10. The van der Waals surface area contributed by atoms with Gasteiger partial charge in [-0.1, -0.05) is 13.3 Å². The van der Waals surface area contributed by atoms with E-state index in [0.29, 0.717) is 0 Å². The normalized spacial score (nSPS) is 11.4. The van der Waals surface area contributed by atoms with Gasteiger partial charge in [0, 0.05) is 18.7 Å². The minimum atomic E-state index is 1.06. The molecule has 0 N–H and O–H groups in total. The second-order valence-corrected chi connectivity index (χ2v) is 6.32. The number of thioether (sulfide) groups is 1. The van der Waals surface area contributed by atoms with Crippen LogP contribution in [0.3, 0.4) is 0 Å². The van der Waals surface area contributed by atoms with Gasteiger partial charge in [0.15, 0.2) is 0 Å². The van der Waals surface area contributed by atoms with E-state index in [0.717, 1.165) is 24.2 Å². The molecule has 0 spiro atoms. The highest BCUT2D eigenvalue weighted by Gasteiger charge is 2.13. The van der Waals surface area contributed by atoms with Crippen LogP contribution in [0.1, 0.15) is 43.3 Å². The average molecular weight is 291 g/mol. The molecule has 0 aliphatic heterocycles. The van der Waals surface area contributed by atoms with Crippen LogP contribution in [0.4, 0.5) is 0 Å². The molecule has 0 unspecified atom stereocenters. The number of fused-ring (bicyclic) bond motifs is 1. The first-order chi connectivity index (χ1) is 9.69. The third-order valence-electron chi connectivity index (χ3n) is 3.84. The molecule has 0 aromatic carbocycles. The monoisotopic (exact) mass is 291 g/mol. The SMILES string of the molecule is CCCCc1nc2cnc(C)c(C)c2n1CCCSC. The van der Waals surface area contributed by atoms with Crippen LogP contribution in [0.15, 0.2) is 6.20 Å². The molecule has 0 aliphatic carbocycles. The summed E-state index contributed by atoms with van der Waals surface area (Å²) in [5.41, 5.74) is 4.75. The number of pyridine rings is 1. The molecule has 2 rings (SSSR count). The maximum atomic E-state index is 4.82. The Morgan fingerprint density at radius 3 is 2.75 bits per heavy atom. The molecular weight excluding hydrogens is 266 g/mol. The molecule has 0 aliphatic rings. The van der Waals surface area contributed by atoms with Crippen LogP contribution >= 0.6 is 11.8 Å². The maximum absolute atomic E-state index is 4.82. The maximum Gasteiger partial charge on any atom is 0.109 e. The molecule has 0 saturated carbocycles. The molecule has 3 nitrogen and oxygen atoms in total. The lowest BCUT2D eigenvalue weighted by Crippen LogP contribution is -2.06. The van der Waals surface area contributed by atoms with E-state index in [4.69, 9.17) is 4.98 Å². The lowest BCUT2D eigenvalue weighted by atomic mass is 10.2. The summed E-state index contributed by atoms with van der Waals surface area (Å²) in [5, 5.41) is 0. The number of hydrogen-bond acceptors (Lipinski definition) is 3. The van der Waals surface area contributed by atoms with Gasteiger partial charge in [0.25, 0.3) is 0 Å². The summed E-state index contributed by atoms with van der Waals surface area (Å²) in [6.45, 7) is 7.55. The molecule has 0 bridgehead atoms. The fourth-order valence-electron chi connectivity index (χ4n) is 2.56. The zero-order valence-electron chi connectivity index (χ0n) is 13.1. The average Bonchev–Trinajstić information content (AvgIpc) is 2.80. The van der Waals surface area contributed by atoms with Crippen molar-refractivity contribution in [3.8, 4) is 0 Å². The highest BCUT2D eigenvalue weighted by atomic mass is 32.2. The first-order valence-electron chi connectivity index (χ1n) is 7.49. The fourth-order valence-corrected chi connectivity index (χ4v) is 2.98. The third kappa shape index (κ3) is 3.17. The molecule has 4 heteroatoms. The van der Waals surface area contributed by atoms with Gasteiger partial charge >= 0.3 is 0 Å². The predicted octanol–water partition coefficient (Wildman–Crippen LogP) is 4.14. The van der Waals surface area contributed by atoms with Crippen molar-refractivity contribution < 1.29 is 0 Å². The molecular formula is C16H25N3S. The second kappa shape index (κ2) is 7.11. The van der Waals surface area contributed by atoms with Gasteiger partial charge in [-0.25, -0.2) is 4.98 Å². The first-order valence-corrected chi connectivity index (χ1v) is 8.88. The van der Waals surface area contributed by atoms with E-state index in [1.54, 1.807) is 0 Å². The highest BCUT2D eigenvalue weighted by molar-refractivity contribution is 7.98. The summed E-state index contributed by atoms with van der Waals surface area (Å²) >= 11 is 1.91. The number of unbranched alkanes of at least 4 members (excludes halogenated alkanes) is 1. The van der Waals surface area contributed by atoms with E-state index in [-0.39, 0.29) is 0 Å². The van der Waals surface area contributed by atoms with Crippen molar-refractivity contribution >= 4 is 22.8 Å². The molecule has 2 heterocycles. The van der Waals surface area contributed by atoms with Crippen molar-refractivity contribution in [1.29, 1.82) is 0 Å². The predicted molar refractivity (Wildman–Crippen MR) is 88.6 cm³/mol. The summed E-state index contributed by atoms with van der Waals surface area (Å²) in [6, 6.07) is 0. The lowest BCUT2D eigenvalue weighted by molar-refractivity contribution is 0.636. The van der Waals surface area contributed by atoms with Gasteiger partial charge in [0.05, 0.1) is 11.7 Å². The Morgan fingerprint density at radius 1 is 1.25 bits per heavy atom. The standard InChI is InChI=1S/C16H25N3S/c1-5-6-8-15-18-14-11-17-13(3)12(2)16(14)19(15)9-7-10-20-4/h11H,5-10H2,1-4H3. The van der Waals surface area contributed by atoms with Crippen LogP contribution in [0.25, 0.3) is 11.0 Å². The van der Waals surface area contributed by atoms with E-state index < -0.39 is 0 Å². The molecule has 0 atom stereocenters. The Hall–Kier alpha value is -1.03. The minimum Gasteiger partial charge on any atom is -0.328 e. The molecule has 0 saturated heterocycles. The van der Waals surface area contributed by atoms with Crippen LogP contribution in [-0.2, 0) is 13.0 Å². The molecule has 110 valence electrons. The number of imidazole rings is 1. The molecule has 0 amide bonds. The molecule has 0 fully saturated rings. The highest BCUT2D eigenvalue weighted by Crippen LogP contribution is 2.23. The number of rotatable bonds is 7. The van der Waals surface area contributed by atoms with Gasteiger partial charge in [0.2, 0.25) is 0 Å². The second-order valence-electron chi connectivity index (χ2n) is 5.33. The van der Waals surface area contributed by atoms with Crippen LogP contribution in [-0.4, -0.2) is 26.5 Å². The number of aryl methyl sites for hydroxylation is 4. The molecule has 2 aromatic rings. The van der Waals surface area contributed by atoms with Crippen LogP contribution in [0, 0.1) is 13.8 Å². The Labute approximate surface area is 126 Å². The van der Waals surface area contributed by atoms with Gasteiger partial charge in [-0.3, -0.25) is 4.98 Å². The summed E-state index contributed by atoms with van der Waals surface area (Å²) in [5.74, 6) is 2.44. The largest absolute Gasteiger partial charge is 0.328 e. The van der Waals surface area contributed by atoms with Gasteiger partial charge in [-0.05, 0) is 44.3 Å². The Bertz CT molecular complexity index is 575. The van der Waals surface area contributed by atoms with E-state index in [1.807, 2.05) is 18.0 Å². The Kier molecular flexibility index (Phi) is 5.46. The summed E-state index contributed by atoms with van der Waals surface area (Å²) < 4.78 is 2.44. The quantitative estimate of drug-likeness (QED) is 0.718. The van der Waals surface area contributed by atoms with Crippen molar-refractivity contribution in [3.05, 3.63) is 23.3 Å². The summed E-state index contributed by atoms with van der Waals surface area (Å²) in [4.78, 5) is 9.28. The van der Waals surface area contributed by atoms with Gasteiger partial charge in [0.1, 0.15) is 11.3 Å². The molecule has 2 aromatic heterocycles. The first kappa shape index (κ1) is 15.4. The van der Waals surface area contributed by atoms with Crippen molar-refractivity contribution in [2.75, 3.05) is 12.0 Å². The summed E-state index contributed by atoms with van der Waals surface area (Å²) in [6.07, 6.45) is 8.79. The third-order valence-corrected chi connectivity index (χ3v) is 4.53. The Balaban J connectivity index is 2.42. The van der Waals surface area contributed by atoms with E-state index >= 15 is 0 Å². The van der Waals surface area contributed by atoms with Crippen molar-refractivity contribution in [3.63, 3.8) is 0 Å². The molecule has 20 heavy (non-hydrogen) atoms. The van der Waals surface area contributed by atoms with E-state index in [1.165, 1.54) is 41.9 Å². The minimum absolute atomic E-state index is 1.06. The fraction of sp³-hybridized carbons (Fsp3) is 0.625. The number of aromatic nitrogens is 3. The van der Waals surface area contributed by atoms with Gasteiger partial charge in [-0.15, -0.1) is 0 Å². The topological polar surface area (TPSA) is 30.7 Å². The summed E-state index contributed by atoms with van der Waals surface area (Å²) in [7, 11) is 0. The van der Waals surface area contributed by atoms with Gasteiger partial charge in [-0.2, -0.15) is 11.8 Å².